The van der Waals surface area contributed by atoms with E-state index in [9.17, 15) is 9.18 Å². The minimum atomic E-state index is -0.376. The summed E-state index contributed by atoms with van der Waals surface area (Å²) in [6.45, 7) is -0.0994. The monoisotopic (exact) mass is 328 g/mol. The smallest absolute Gasteiger partial charge is 0.275 e. The summed E-state index contributed by atoms with van der Waals surface area (Å²) in [5, 5.41) is 13.9. The van der Waals surface area contributed by atoms with Gasteiger partial charge < -0.3 is 10.4 Å². The number of carbonyl (C=O) groups is 1. The number of carbonyl (C=O) groups excluding carboxylic acids is 1. The maximum absolute atomic E-state index is 13.8. The van der Waals surface area contributed by atoms with Crippen molar-refractivity contribution < 1.29 is 14.3 Å². The molecule has 1 aromatic heterocycles. The van der Waals surface area contributed by atoms with E-state index in [0.29, 0.717) is 21.8 Å². The molecule has 0 saturated heterocycles. The van der Waals surface area contributed by atoms with Crippen LogP contribution in [0.4, 0.5) is 10.1 Å². The van der Waals surface area contributed by atoms with Gasteiger partial charge >= 0.3 is 0 Å². The van der Waals surface area contributed by atoms with Crippen LogP contribution < -0.4 is 5.32 Å². The van der Waals surface area contributed by atoms with Crippen LogP contribution >= 0.6 is 11.3 Å². The van der Waals surface area contributed by atoms with Crippen molar-refractivity contribution in [3.05, 3.63) is 71.0 Å². The first-order valence-corrected chi connectivity index (χ1v) is 7.77. The molecular weight excluding hydrogens is 315 g/mol. The number of anilines is 1. The molecule has 4 nitrogen and oxygen atoms in total. The molecule has 0 aliphatic carbocycles. The largest absolute Gasteiger partial charge is 0.392 e. The number of amides is 1. The number of hydrogen-bond donors (Lipinski definition) is 2. The van der Waals surface area contributed by atoms with Crippen molar-refractivity contribution in [2.24, 2.45) is 0 Å². The van der Waals surface area contributed by atoms with Crippen molar-refractivity contribution in [3.63, 3.8) is 0 Å². The van der Waals surface area contributed by atoms with E-state index in [2.05, 4.69) is 10.3 Å². The molecule has 3 rings (SSSR count). The first-order chi connectivity index (χ1) is 11.2. The number of thiazole rings is 1. The first-order valence-electron chi connectivity index (χ1n) is 6.89. The average Bonchev–Trinajstić information content (AvgIpc) is 3.05. The van der Waals surface area contributed by atoms with Crippen molar-refractivity contribution in [2.45, 2.75) is 6.61 Å². The summed E-state index contributed by atoms with van der Waals surface area (Å²) >= 11 is 1.21. The summed E-state index contributed by atoms with van der Waals surface area (Å²) in [6, 6.07) is 13.2. The highest BCUT2D eigenvalue weighted by Crippen LogP contribution is 2.26. The number of hydrogen-bond acceptors (Lipinski definition) is 4. The predicted molar refractivity (Wildman–Crippen MR) is 87.8 cm³/mol. The minimum absolute atomic E-state index is 0.0994. The van der Waals surface area contributed by atoms with Crippen molar-refractivity contribution >= 4 is 22.9 Å². The molecule has 0 unspecified atom stereocenters. The summed E-state index contributed by atoms with van der Waals surface area (Å²) in [7, 11) is 0. The van der Waals surface area contributed by atoms with Gasteiger partial charge in [0.05, 0.1) is 6.61 Å². The fraction of sp³-hybridized carbons (Fsp3) is 0.0588. The minimum Gasteiger partial charge on any atom is -0.392 e. The van der Waals surface area contributed by atoms with Gasteiger partial charge in [0, 0.05) is 16.6 Å². The number of benzene rings is 2. The molecule has 23 heavy (non-hydrogen) atoms. The molecule has 2 aromatic carbocycles. The molecule has 0 radical (unpaired) electrons. The van der Waals surface area contributed by atoms with Gasteiger partial charge in [0.25, 0.3) is 5.91 Å². The fourth-order valence-electron chi connectivity index (χ4n) is 2.08. The molecule has 0 bridgehead atoms. The van der Waals surface area contributed by atoms with Crippen molar-refractivity contribution in [2.75, 3.05) is 5.32 Å². The van der Waals surface area contributed by atoms with Gasteiger partial charge in [-0.25, -0.2) is 9.37 Å². The van der Waals surface area contributed by atoms with E-state index in [-0.39, 0.29) is 24.0 Å². The highest BCUT2D eigenvalue weighted by Gasteiger charge is 2.14. The Morgan fingerprint density at radius 2 is 2.04 bits per heavy atom. The molecule has 0 aliphatic rings. The van der Waals surface area contributed by atoms with E-state index in [1.807, 2.05) is 0 Å². The van der Waals surface area contributed by atoms with Gasteiger partial charge in [0.1, 0.15) is 16.5 Å². The predicted octanol–water partition coefficient (Wildman–Crippen LogP) is 3.69. The van der Waals surface area contributed by atoms with Crippen LogP contribution in [0.5, 0.6) is 0 Å². The van der Waals surface area contributed by atoms with Gasteiger partial charge in [-0.05, 0) is 29.8 Å². The average molecular weight is 328 g/mol. The van der Waals surface area contributed by atoms with Crippen LogP contribution in [0.2, 0.25) is 0 Å². The molecule has 0 atom stereocenters. The molecule has 2 N–H and O–H groups in total. The van der Waals surface area contributed by atoms with E-state index < -0.39 is 0 Å². The third kappa shape index (κ3) is 3.44. The topological polar surface area (TPSA) is 62.2 Å². The zero-order chi connectivity index (χ0) is 16.2. The van der Waals surface area contributed by atoms with Gasteiger partial charge in [-0.2, -0.15) is 0 Å². The van der Waals surface area contributed by atoms with E-state index in [0.717, 1.165) is 0 Å². The summed E-state index contributed by atoms with van der Waals surface area (Å²) in [4.78, 5) is 16.4. The van der Waals surface area contributed by atoms with Crippen LogP contribution in [-0.2, 0) is 6.61 Å². The van der Waals surface area contributed by atoms with Crippen LogP contribution in [-0.4, -0.2) is 16.0 Å². The lowest BCUT2D eigenvalue weighted by Crippen LogP contribution is -2.12. The normalized spacial score (nSPS) is 10.5. The number of nitrogens with one attached hydrogen (secondary N) is 1. The Balaban J connectivity index is 1.80. The van der Waals surface area contributed by atoms with Crippen molar-refractivity contribution in [1.29, 1.82) is 0 Å². The SMILES string of the molecule is O=C(Nc1cccc(CO)c1)c1csc(-c2ccccc2F)n1. The van der Waals surface area contributed by atoms with Crippen LogP contribution in [0.15, 0.2) is 53.9 Å². The zero-order valence-electron chi connectivity index (χ0n) is 12.0. The number of aliphatic hydroxyl groups is 1. The van der Waals surface area contributed by atoms with Gasteiger partial charge in [0.2, 0.25) is 0 Å². The second-order valence-corrected chi connectivity index (χ2v) is 5.69. The summed E-state index contributed by atoms with van der Waals surface area (Å²) in [5.74, 6) is -0.747. The van der Waals surface area contributed by atoms with Gasteiger partial charge in [-0.3, -0.25) is 4.79 Å². The third-order valence-corrected chi connectivity index (χ3v) is 4.08. The molecule has 0 fully saturated rings. The molecular formula is C17H13FN2O2S. The second kappa shape index (κ2) is 6.68. The lowest BCUT2D eigenvalue weighted by atomic mass is 10.2. The highest BCUT2D eigenvalue weighted by molar-refractivity contribution is 7.13. The van der Waals surface area contributed by atoms with Gasteiger partial charge in [0.15, 0.2) is 0 Å². The van der Waals surface area contributed by atoms with Crippen LogP contribution in [0, 0.1) is 5.82 Å². The molecule has 6 heteroatoms. The third-order valence-electron chi connectivity index (χ3n) is 3.21. The zero-order valence-corrected chi connectivity index (χ0v) is 12.8. The quantitative estimate of drug-likeness (QED) is 0.768. The van der Waals surface area contributed by atoms with Gasteiger partial charge in [-0.15, -0.1) is 11.3 Å². The maximum Gasteiger partial charge on any atom is 0.275 e. The molecule has 0 spiro atoms. The summed E-state index contributed by atoms with van der Waals surface area (Å²) < 4.78 is 13.8. The first kappa shape index (κ1) is 15.3. The fourth-order valence-corrected chi connectivity index (χ4v) is 2.91. The molecule has 3 aromatic rings. The number of aromatic nitrogens is 1. The Kier molecular flexibility index (Phi) is 4.45. The van der Waals surface area contributed by atoms with Crippen molar-refractivity contribution in [3.8, 4) is 10.6 Å². The second-order valence-electron chi connectivity index (χ2n) is 4.83. The summed E-state index contributed by atoms with van der Waals surface area (Å²) in [5.41, 5.74) is 1.87. The number of nitrogens with zero attached hydrogens (tertiary/aromatic N) is 1. The van der Waals surface area contributed by atoms with Crippen LogP contribution in [0.1, 0.15) is 16.1 Å². The maximum atomic E-state index is 13.8. The Morgan fingerprint density at radius 3 is 2.83 bits per heavy atom. The molecule has 0 aliphatic heterocycles. The number of halogens is 1. The number of rotatable bonds is 4. The van der Waals surface area contributed by atoms with Crippen LogP contribution in [0.3, 0.4) is 0 Å². The van der Waals surface area contributed by atoms with Crippen LogP contribution in [0.25, 0.3) is 10.6 Å². The molecule has 116 valence electrons. The Labute approximate surface area is 136 Å². The van der Waals surface area contributed by atoms with E-state index in [1.54, 1.807) is 47.8 Å². The van der Waals surface area contributed by atoms with E-state index in [1.165, 1.54) is 17.4 Å². The Hall–Kier alpha value is -2.57. The standard InChI is InChI=1S/C17H13FN2O2S/c18-14-7-2-1-6-13(14)17-20-15(10-23-17)16(22)19-12-5-3-4-11(8-12)9-21/h1-8,10,21H,9H2,(H,19,22). The lowest BCUT2D eigenvalue weighted by Gasteiger charge is -2.04. The number of aliphatic hydroxyl groups excluding tert-OH is 1. The van der Waals surface area contributed by atoms with Gasteiger partial charge in [-0.1, -0.05) is 24.3 Å². The molecule has 1 heterocycles. The summed E-state index contributed by atoms with van der Waals surface area (Å²) in [6.07, 6.45) is 0. The Morgan fingerprint density at radius 1 is 1.22 bits per heavy atom. The Bertz CT molecular complexity index is 848. The molecule has 0 saturated carbocycles. The highest BCUT2D eigenvalue weighted by atomic mass is 32.1. The van der Waals surface area contributed by atoms with E-state index in [4.69, 9.17) is 5.11 Å². The molecule has 1 amide bonds. The van der Waals surface area contributed by atoms with Crippen molar-refractivity contribution in [1.82, 2.24) is 4.98 Å². The lowest BCUT2D eigenvalue weighted by molar-refractivity contribution is 0.102. The van der Waals surface area contributed by atoms with E-state index >= 15 is 0 Å².